The number of halogens is 1. The van der Waals surface area contributed by atoms with E-state index in [0.717, 1.165) is 0 Å². The Hall–Kier alpha value is -2.62. The van der Waals surface area contributed by atoms with Crippen molar-refractivity contribution < 1.29 is 28.9 Å². The quantitative estimate of drug-likeness (QED) is 0.676. The van der Waals surface area contributed by atoms with Gasteiger partial charge in [0.25, 0.3) is 0 Å². The van der Waals surface area contributed by atoms with Crippen LogP contribution in [0.15, 0.2) is 16.6 Å². The van der Waals surface area contributed by atoms with Crippen molar-refractivity contribution in [1.82, 2.24) is 15.4 Å². The number of carbonyl (C=O) groups is 2. The molecule has 0 fully saturated rings. The molecule has 2 rings (SSSR count). The van der Waals surface area contributed by atoms with Crippen molar-refractivity contribution >= 4 is 27.9 Å². The van der Waals surface area contributed by atoms with Crippen LogP contribution in [0.1, 0.15) is 17.4 Å². The number of carboxylic acid groups (broad SMARTS) is 1. The molecule has 128 valence electrons. The fourth-order valence-electron chi connectivity index (χ4n) is 1.90. The van der Waals surface area contributed by atoms with Gasteiger partial charge in [0.2, 0.25) is 0 Å². The third kappa shape index (κ3) is 3.82. The van der Waals surface area contributed by atoms with Crippen LogP contribution in [-0.2, 0) is 9.53 Å². The third-order valence-corrected chi connectivity index (χ3v) is 3.45. The van der Waals surface area contributed by atoms with Crippen molar-refractivity contribution in [2.24, 2.45) is 0 Å². The zero-order valence-electron chi connectivity index (χ0n) is 12.8. The number of carbonyl (C=O) groups excluding carboxylic acids is 1. The standard InChI is InChI=1S/C14H14BrN3O6/c1-3-23-14(21)12-11(16-18-17-12)7-4-8(15)13(9(5-7)22-2)24-6-10(19)20/h4-5H,3,6H2,1-2H3,(H,19,20)(H,16,17,18). The Morgan fingerprint density at radius 1 is 1.33 bits per heavy atom. The summed E-state index contributed by atoms with van der Waals surface area (Å²) in [5.41, 5.74) is 0.820. The van der Waals surface area contributed by atoms with Gasteiger partial charge in [-0.3, -0.25) is 0 Å². The molecule has 0 amide bonds. The van der Waals surface area contributed by atoms with Gasteiger partial charge in [-0.2, -0.15) is 10.3 Å². The Bertz CT molecular complexity index is 761. The van der Waals surface area contributed by atoms with E-state index in [1.54, 1.807) is 19.1 Å². The van der Waals surface area contributed by atoms with Gasteiger partial charge in [0.05, 0.1) is 18.2 Å². The number of rotatable bonds is 7. The highest BCUT2D eigenvalue weighted by molar-refractivity contribution is 9.10. The minimum absolute atomic E-state index is 0.0324. The van der Waals surface area contributed by atoms with Crippen molar-refractivity contribution in [1.29, 1.82) is 0 Å². The lowest BCUT2D eigenvalue weighted by Gasteiger charge is -2.13. The molecule has 10 heteroatoms. The largest absolute Gasteiger partial charge is 0.493 e. The molecule has 2 aromatic rings. The predicted octanol–water partition coefficient (Wildman–Crippen LogP) is 1.88. The van der Waals surface area contributed by atoms with Crippen LogP contribution in [0.3, 0.4) is 0 Å². The normalized spacial score (nSPS) is 10.3. The Morgan fingerprint density at radius 3 is 2.71 bits per heavy atom. The second kappa shape index (κ2) is 7.77. The van der Waals surface area contributed by atoms with E-state index in [2.05, 4.69) is 31.3 Å². The van der Waals surface area contributed by atoms with E-state index in [4.69, 9.17) is 19.3 Å². The summed E-state index contributed by atoms with van der Waals surface area (Å²) in [6.45, 7) is 1.37. The van der Waals surface area contributed by atoms with E-state index in [1.807, 2.05) is 0 Å². The number of ether oxygens (including phenoxy) is 3. The van der Waals surface area contributed by atoms with E-state index in [1.165, 1.54) is 7.11 Å². The fraction of sp³-hybridized carbons (Fsp3) is 0.286. The molecular formula is C14H14BrN3O6. The molecule has 9 nitrogen and oxygen atoms in total. The summed E-state index contributed by atoms with van der Waals surface area (Å²) in [6.07, 6.45) is 0. The van der Waals surface area contributed by atoms with Crippen molar-refractivity contribution in [3.8, 4) is 22.8 Å². The van der Waals surface area contributed by atoms with Crippen LogP contribution in [0.2, 0.25) is 0 Å². The third-order valence-electron chi connectivity index (χ3n) is 2.86. The molecule has 0 spiro atoms. The first-order chi connectivity index (χ1) is 11.5. The Morgan fingerprint density at radius 2 is 2.08 bits per heavy atom. The average molecular weight is 400 g/mol. The molecular weight excluding hydrogens is 386 g/mol. The van der Waals surface area contributed by atoms with E-state index in [0.29, 0.717) is 10.0 Å². The van der Waals surface area contributed by atoms with Gasteiger partial charge in [0, 0.05) is 5.56 Å². The summed E-state index contributed by atoms with van der Waals surface area (Å²) in [6, 6.07) is 3.17. The second-order valence-electron chi connectivity index (χ2n) is 4.41. The van der Waals surface area contributed by atoms with Crippen LogP contribution < -0.4 is 9.47 Å². The number of hydrogen-bond donors (Lipinski definition) is 2. The molecule has 0 aliphatic rings. The Labute approximate surface area is 145 Å². The summed E-state index contributed by atoms with van der Waals surface area (Å²) in [4.78, 5) is 22.6. The van der Waals surface area contributed by atoms with Crippen LogP contribution in [0, 0.1) is 0 Å². The number of aromatic nitrogens is 3. The van der Waals surface area contributed by atoms with Gasteiger partial charge in [-0.1, -0.05) is 0 Å². The van der Waals surface area contributed by atoms with E-state index in [9.17, 15) is 9.59 Å². The lowest BCUT2D eigenvalue weighted by Crippen LogP contribution is -2.10. The number of H-pyrrole nitrogens is 1. The first kappa shape index (κ1) is 17.7. The SMILES string of the molecule is CCOC(=O)c1n[nH]nc1-c1cc(Br)c(OCC(=O)O)c(OC)c1. The molecule has 0 saturated carbocycles. The van der Waals surface area contributed by atoms with Crippen LogP contribution in [0.25, 0.3) is 11.3 Å². The van der Waals surface area contributed by atoms with Crippen molar-refractivity contribution in [2.45, 2.75) is 6.92 Å². The maximum absolute atomic E-state index is 11.9. The summed E-state index contributed by atoms with van der Waals surface area (Å²) in [7, 11) is 1.41. The molecule has 0 aliphatic carbocycles. The maximum Gasteiger partial charge on any atom is 0.361 e. The number of nitrogens with zero attached hydrogens (tertiary/aromatic N) is 2. The molecule has 1 aromatic carbocycles. The van der Waals surface area contributed by atoms with Crippen LogP contribution in [0.4, 0.5) is 0 Å². The lowest BCUT2D eigenvalue weighted by molar-refractivity contribution is -0.139. The van der Waals surface area contributed by atoms with E-state index in [-0.39, 0.29) is 29.5 Å². The highest BCUT2D eigenvalue weighted by Gasteiger charge is 2.22. The van der Waals surface area contributed by atoms with Gasteiger partial charge < -0.3 is 19.3 Å². The van der Waals surface area contributed by atoms with Crippen molar-refractivity contribution in [2.75, 3.05) is 20.3 Å². The number of carboxylic acids is 1. The minimum Gasteiger partial charge on any atom is -0.493 e. The first-order valence-electron chi connectivity index (χ1n) is 6.78. The van der Waals surface area contributed by atoms with Crippen LogP contribution >= 0.6 is 15.9 Å². The molecule has 0 saturated heterocycles. The Balaban J connectivity index is 2.43. The second-order valence-corrected chi connectivity index (χ2v) is 5.27. The highest BCUT2D eigenvalue weighted by atomic mass is 79.9. The van der Waals surface area contributed by atoms with Gasteiger partial charge in [0.15, 0.2) is 23.8 Å². The lowest BCUT2D eigenvalue weighted by atomic mass is 10.1. The average Bonchev–Trinajstić information content (AvgIpc) is 3.02. The monoisotopic (exact) mass is 399 g/mol. The molecule has 1 aromatic heterocycles. The topological polar surface area (TPSA) is 124 Å². The molecule has 24 heavy (non-hydrogen) atoms. The zero-order valence-corrected chi connectivity index (χ0v) is 14.4. The molecule has 0 atom stereocenters. The van der Waals surface area contributed by atoms with Crippen molar-refractivity contribution in [3.05, 3.63) is 22.3 Å². The molecule has 0 bridgehead atoms. The molecule has 0 radical (unpaired) electrons. The molecule has 2 N–H and O–H groups in total. The summed E-state index contributed by atoms with van der Waals surface area (Å²) in [5, 5.41) is 18.9. The predicted molar refractivity (Wildman–Crippen MR) is 85.2 cm³/mol. The summed E-state index contributed by atoms with van der Waals surface area (Å²) >= 11 is 3.29. The van der Waals surface area contributed by atoms with Crippen LogP contribution in [-0.4, -0.2) is 52.8 Å². The van der Waals surface area contributed by atoms with Crippen molar-refractivity contribution in [3.63, 3.8) is 0 Å². The number of benzene rings is 1. The van der Waals surface area contributed by atoms with E-state index < -0.39 is 18.5 Å². The van der Waals surface area contributed by atoms with Gasteiger partial charge >= 0.3 is 11.9 Å². The highest BCUT2D eigenvalue weighted by Crippen LogP contribution is 2.39. The number of aromatic amines is 1. The van der Waals surface area contributed by atoms with Gasteiger partial charge in [-0.15, -0.1) is 5.10 Å². The molecule has 0 aliphatic heterocycles. The maximum atomic E-state index is 11.9. The fourth-order valence-corrected chi connectivity index (χ4v) is 2.46. The number of methoxy groups -OCH3 is 1. The van der Waals surface area contributed by atoms with Gasteiger partial charge in [-0.25, -0.2) is 9.59 Å². The van der Waals surface area contributed by atoms with Gasteiger partial charge in [-0.05, 0) is 35.0 Å². The molecule has 0 unspecified atom stereocenters. The van der Waals surface area contributed by atoms with E-state index >= 15 is 0 Å². The van der Waals surface area contributed by atoms with Crippen LogP contribution in [0.5, 0.6) is 11.5 Å². The number of hydrogen-bond acceptors (Lipinski definition) is 7. The summed E-state index contributed by atoms with van der Waals surface area (Å²) < 4.78 is 15.8. The number of esters is 1. The zero-order chi connectivity index (χ0) is 17.7. The minimum atomic E-state index is -1.12. The molecule has 1 heterocycles. The number of aliphatic carboxylic acids is 1. The smallest absolute Gasteiger partial charge is 0.361 e. The number of nitrogens with one attached hydrogen (secondary N) is 1. The summed E-state index contributed by atoms with van der Waals surface area (Å²) in [5.74, 6) is -1.22. The first-order valence-corrected chi connectivity index (χ1v) is 7.57. The Kier molecular flexibility index (Phi) is 5.74. The van der Waals surface area contributed by atoms with Gasteiger partial charge in [0.1, 0.15) is 5.69 Å².